The standard InChI is InChI=1S/C18H21NO/c1-18-8-7-15-14-6-4-13(20-2)11-12(14)3-5-16(15)17(18)19-10-9-18/h3-6,11,17,19H,7-10H2,1-2H3/t17?,18-/m0/s1. The Bertz CT molecular complexity index is 678. The van der Waals surface area contributed by atoms with E-state index in [4.69, 9.17) is 4.74 Å². The summed E-state index contributed by atoms with van der Waals surface area (Å²) in [5.74, 6) is 0.942. The maximum Gasteiger partial charge on any atom is 0.119 e. The average molecular weight is 267 g/mol. The summed E-state index contributed by atoms with van der Waals surface area (Å²) < 4.78 is 5.34. The molecule has 1 aliphatic heterocycles. The lowest BCUT2D eigenvalue weighted by molar-refractivity contribution is 0.244. The number of rotatable bonds is 1. The van der Waals surface area contributed by atoms with Gasteiger partial charge in [0.05, 0.1) is 7.11 Å². The van der Waals surface area contributed by atoms with E-state index < -0.39 is 0 Å². The van der Waals surface area contributed by atoms with Gasteiger partial charge in [0.25, 0.3) is 0 Å². The lowest BCUT2D eigenvalue weighted by Crippen LogP contribution is -2.31. The fourth-order valence-electron chi connectivity index (χ4n) is 4.12. The lowest BCUT2D eigenvalue weighted by Gasteiger charge is -2.38. The first kappa shape index (κ1) is 12.2. The molecule has 2 aromatic rings. The number of nitrogens with one attached hydrogen (secondary N) is 1. The monoisotopic (exact) mass is 267 g/mol. The van der Waals surface area contributed by atoms with E-state index in [1.807, 2.05) is 0 Å². The normalized spacial score (nSPS) is 28.2. The molecule has 1 N–H and O–H groups in total. The number of methoxy groups -OCH3 is 1. The zero-order valence-corrected chi connectivity index (χ0v) is 12.2. The molecule has 0 aromatic heterocycles. The topological polar surface area (TPSA) is 21.3 Å². The van der Waals surface area contributed by atoms with E-state index >= 15 is 0 Å². The van der Waals surface area contributed by atoms with Gasteiger partial charge in [0, 0.05) is 6.04 Å². The molecule has 0 amide bonds. The van der Waals surface area contributed by atoms with Crippen molar-refractivity contribution in [1.82, 2.24) is 5.32 Å². The fraction of sp³-hybridized carbons (Fsp3) is 0.444. The van der Waals surface area contributed by atoms with Gasteiger partial charge in [-0.3, -0.25) is 0 Å². The molecule has 2 nitrogen and oxygen atoms in total. The Morgan fingerprint density at radius 1 is 1.20 bits per heavy atom. The molecule has 2 aromatic carbocycles. The van der Waals surface area contributed by atoms with Crippen LogP contribution in [0.25, 0.3) is 10.8 Å². The van der Waals surface area contributed by atoms with Crippen molar-refractivity contribution < 1.29 is 4.74 Å². The van der Waals surface area contributed by atoms with Gasteiger partial charge in [-0.05, 0) is 65.3 Å². The largest absolute Gasteiger partial charge is 0.497 e. The summed E-state index contributed by atoms with van der Waals surface area (Å²) in [5, 5.41) is 6.42. The molecule has 1 aliphatic carbocycles. The van der Waals surface area contributed by atoms with Gasteiger partial charge in [0.2, 0.25) is 0 Å². The Kier molecular flexibility index (Phi) is 2.58. The van der Waals surface area contributed by atoms with E-state index in [9.17, 15) is 0 Å². The zero-order valence-electron chi connectivity index (χ0n) is 12.2. The predicted octanol–water partition coefficient (Wildman–Crippen LogP) is 3.84. The van der Waals surface area contributed by atoms with Crippen LogP contribution in [0.3, 0.4) is 0 Å². The van der Waals surface area contributed by atoms with Crippen molar-refractivity contribution in [2.75, 3.05) is 13.7 Å². The van der Waals surface area contributed by atoms with Crippen LogP contribution >= 0.6 is 0 Å². The molecule has 4 rings (SSSR count). The second-order valence-corrected chi connectivity index (χ2v) is 6.51. The predicted molar refractivity (Wildman–Crippen MR) is 82.3 cm³/mol. The molecule has 0 saturated carbocycles. The molecule has 1 saturated heterocycles. The molecule has 1 heterocycles. The molecular formula is C18H21NO. The summed E-state index contributed by atoms with van der Waals surface area (Å²) >= 11 is 0. The summed E-state index contributed by atoms with van der Waals surface area (Å²) in [6.07, 6.45) is 3.80. The number of aryl methyl sites for hydroxylation is 1. The fourth-order valence-corrected chi connectivity index (χ4v) is 4.12. The summed E-state index contributed by atoms with van der Waals surface area (Å²) in [5.41, 5.74) is 3.52. The third-order valence-electron chi connectivity index (χ3n) is 5.37. The zero-order chi connectivity index (χ0) is 13.7. The molecule has 1 unspecified atom stereocenters. The van der Waals surface area contributed by atoms with Gasteiger partial charge >= 0.3 is 0 Å². The van der Waals surface area contributed by atoms with Crippen LogP contribution in [0.2, 0.25) is 0 Å². The molecule has 0 bridgehead atoms. The highest BCUT2D eigenvalue weighted by molar-refractivity contribution is 5.88. The van der Waals surface area contributed by atoms with E-state index in [0.29, 0.717) is 11.5 Å². The first-order valence-electron chi connectivity index (χ1n) is 7.54. The second kappa shape index (κ2) is 4.23. The van der Waals surface area contributed by atoms with Gasteiger partial charge in [-0.25, -0.2) is 0 Å². The van der Waals surface area contributed by atoms with Gasteiger partial charge < -0.3 is 10.1 Å². The Hall–Kier alpha value is -1.54. The molecule has 2 heteroatoms. The second-order valence-electron chi connectivity index (χ2n) is 6.51. The van der Waals surface area contributed by atoms with E-state index in [2.05, 4.69) is 42.6 Å². The third kappa shape index (κ3) is 1.61. The van der Waals surface area contributed by atoms with Crippen molar-refractivity contribution in [2.24, 2.45) is 5.41 Å². The van der Waals surface area contributed by atoms with Crippen molar-refractivity contribution in [3.8, 4) is 5.75 Å². The minimum Gasteiger partial charge on any atom is -0.497 e. The summed E-state index contributed by atoms with van der Waals surface area (Å²) in [6.45, 7) is 3.60. The number of ether oxygens (including phenoxy) is 1. The van der Waals surface area contributed by atoms with Crippen molar-refractivity contribution in [3.63, 3.8) is 0 Å². The molecule has 1 fully saturated rings. The minimum absolute atomic E-state index is 0.452. The van der Waals surface area contributed by atoms with Gasteiger partial charge in [-0.1, -0.05) is 25.1 Å². The smallest absolute Gasteiger partial charge is 0.119 e. The highest BCUT2D eigenvalue weighted by Gasteiger charge is 2.43. The van der Waals surface area contributed by atoms with Gasteiger partial charge in [0.15, 0.2) is 0 Å². The summed E-state index contributed by atoms with van der Waals surface area (Å²) in [7, 11) is 1.73. The number of hydrogen-bond acceptors (Lipinski definition) is 2. The highest BCUT2D eigenvalue weighted by Crippen LogP contribution is 2.50. The quantitative estimate of drug-likeness (QED) is 0.847. The van der Waals surface area contributed by atoms with Crippen LogP contribution in [0.15, 0.2) is 30.3 Å². The molecule has 0 spiro atoms. The lowest BCUT2D eigenvalue weighted by atomic mass is 9.69. The number of fused-ring (bicyclic) bond motifs is 5. The van der Waals surface area contributed by atoms with Crippen LogP contribution in [-0.2, 0) is 6.42 Å². The first-order valence-corrected chi connectivity index (χ1v) is 7.54. The number of benzene rings is 2. The Morgan fingerprint density at radius 2 is 2.10 bits per heavy atom. The van der Waals surface area contributed by atoms with Crippen molar-refractivity contribution >= 4 is 10.8 Å². The maximum atomic E-state index is 5.34. The van der Waals surface area contributed by atoms with Gasteiger partial charge in [-0.15, -0.1) is 0 Å². The molecule has 104 valence electrons. The maximum absolute atomic E-state index is 5.34. The van der Waals surface area contributed by atoms with Gasteiger partial charge in [0.1, 0.15) is 5.75 Å². The van der Waals surface area contributed by atoms with Crippen LogP contribution in [0.5, 0.6) is 5.75 Å². The number of hydrogen-bond donors (Lipinski definition) is 1. The van der Waals surface area contributed by atoms with Gasteiger partial charge in [-0.2, -0.15) is 0 Å². The summed E-state index contributed by atoms with van der Waals surface area (Å²) in [4.78, 5) is 0. The Balaban J connectivity index is 1.91. The molecular weight excluding hydrogens is 246 g/mol. The summed E-state index contributed by atoms with van der Waals surface area (Å²) in [6, 6.07) is 11.6. The van der Waals surface area contributed by atoms with Crippen LogP contribution in [0, 0.1) is 5.41 Å². The van der Waals surface area contributed by atoms with E-state index in [0.717, 1.165) is 12.3 Å². The molecule has 2 atom stereocenters. The van der Waals surface area contributed by atoms with E-state index in [-0.39, 0.29) is 0 Å². The Morgan fingerprint density at radius 3 is 2.95 bits per heavy atom. The van der Waals surface area contributed by atoms with Crippen molar-refractivity contribution in [3.05, 3.63) is 41.5 Å². The third-order valence-corrected chi connectivity index (χ3v) is 5.37. The van der Waals surface area contributed by atoms with E-state index in [1.54, 1.807) is 12.7 Å². The molecule has 2 aliphatic rings. The van der Waals surface area contributed by atoms with Crippen LogP contribution in [0.4, 0.5) is 0 Å². The SMILES string of the molecule is COc1ccc2c3c(ccc2c1)C1NCC[C@]1(C)CC3. The van der Waals surface area contributed by atoms with E-state index in [1.165, 1.54) is 35.6 Å². The van der Waals surface area contributed by atoms with Crippen LogP contribution in [-0.4, -0.2) is 13.7 Å². The first-order chi connectivity index (χ1) is 9.71. The highest BCUT2D eigenvalue weighted by atomic mass is 16.5. The van der Waals surface area contributed by atoms with Crippen molar-refractivity contribution in [2.45, 2.75) is 32.2 Å². The minimum atomic E-state index is 0.452. The molecule has 0 radical (unpaired) electrons. The average Bonchev–Trinajstić information content (AvgIpc) is 2.88. The Labute approximate surface area is 120 Å². The van der Waals surface area contributed by atoms with Crippen LogP contribution < -0.4 is 10.1 Å². The van der Waals surface area contributed by atoms with Crippen LogP contribution in [0.1, 0.15) is 36.9 Å². The van der Waals surface area contributed by atoms with Crippen molar-refractivity contribution in [1.29, 1.82) is 0 Å². The molecule has 20 heavy (non-hydrogen) atoms.